The van der Waals surface area contributed by atoms with Gasteiger partial charge in [-0.2, -0.15) is 0 Å². The van der Waals surface area contributed by atoms with Crippen molar-refractivity contribution >= 4 is 40.0 Å². The molecule has 0 fully saturated rings. The minimum atomic E-state index is -3.49. The first-order valence-electron chi connectivity index (χ1n) is 8.92. The number of guanidine groups is 1. The van der Waals surface area contributed by atoms with E-state index in [1.54, 1.807) is 12.1 Å². The quantitative estimate of drug-likeness (QED) is 0.337. The third kappa shape index (κ3) is 6.75. The molecule has 154 valence electrons. The first-order valence-corrected chi connectivity index (χ1v) is 10.4. The zero-order valence-corrected chi connectivity index (χ0v) is 19.9. The van der Waals surface area contributed by atoms with Crippen LogP contribution < -0.4 is 10.6 Å². The topological polar surface area (TPSA) is 73.8 Å². The molecule has 0 aliphatic carbocycles. The van der Waals surface area contributed by atoms with Gasteiger partial charge in [0, 0.05) is 27.2 Å². The molecular weight excluding hydrogens is 487 g/mol. The van der Waals surface area contributed by atoms with E-state index in [9.17, 15) is 8.42 Å². The molecule has 0 bridgehead atoms. The Bertz CT molecular complexity index is 899. The van der Waals surface area contributed by atoms with Gasteiger partial charge in [0.2, 0.25) is 10.0 Å². The lowest BCUT2D eigenvalue weighted by molar-refractivity contribution is 0.519. The normalized spacial score (nSPS) is 11.8. The predicted octanol–water partition coefficient (Wildman–Crippen LogP) is 3.12. The molecule has 0 aromatic heterocycles. The fourth-order valence-electron chi connectivity index (χ4n) is 2.60. The van der Waals surface area contributed by atoms with Crippen LogP contribution in [0.2, 0.25) is 0 Å². The summed E-state index contributed by atoms with van der Waals surface area (Å²) in [5.41, 5.74) is 3.03. The highest BCUT2D eigenvalue weighted by atomic mass is 127. The van der Waals surface area contributed by atoms with Gasteiger partial charge in [-0.3, -0.25) is 0 Å². The van der Waals surface area contributed by atoms with E-state index in [0.29, 0.717) is 29.5 Å². The fourth-order valence-corrected chi connectivity index (χ4v) is 3.72. The monoisotopic (exact) mass is 516 g/mol. The molecule has 0 heterocycles. The molecule has 0 saturated heterocycles. The second-order valence-electron chi connectivity index (χ2n) is 6.43. The van der Waals surface area contributed by atoms with Crippen LogP contribution in [0, 0.1) is 6.92 Å². The van der Waals surface area contributed by atoms with E-state index in [-0.39, 0.29) is 24.0 Å². The van der Waals surface area contributed by atoms with Crippen molar-refractivity contribution in [1.29, 1.82) is 0 Å². The molecule has 6 nitrogen and oxygen atoms in total. The Morgan fingerprint density at radius 3 is 2.43 bits per heavy atom. The average Bonchev–Trinajstić information content (AvgIpc) is 2.64. The fraction of sp³-hybridized carbons (Fsp3) is 0.350. The first kappa shape index (κ1) is 24.4. The Labute approximate surface area is 185 Å². The number of benzene rings is 2. The van der Waals surface area contributed by atoms with E-state index < -0.39 is 10.0 Å². The Balaban J connectivity index is 0.00000392. The summed E-state index contributed by atoms with van der Waals surface area (Å²) in [5.74, 6) is 0.649. The van der Waals surface area contributed by atoms with Crippen molar-refractivity contribution < 1.29 is 8.42 Å². The summed E-state index contributed by atoms with van der Waals surface area (Å²) in [6, 6.07) is 15.2. The van der Waals surface area contributed by atoms with Crippen molar-refractivity contribution in [1.82, 2.24) is 14.9 Å². The average molecular weight is 516 g/mol. The van der Waals surface area contributed by atoms with Gasteiger partial charge in [0.05, 0.1) is 11.4 Å². The van der Waals surface area contributed by atoms with Gasteiger partial charge < -0.3 is 10.6 Å². The van der Waals surface area contributed by atoms with Gasteiger partial charge in [0.25, 0.3) is 0 Å². The molecule has 0 aliphatic heterocycles. The largest absolute Gasteiger partial charge is 0.357 e. The maximum absolute atomic E-state index is 12.5. The van der Waals surface area contributed by atoms with E-state index in [0.717, 1.165) is 12.1 Å². The lowest BCUT2D eigenvalue weighted by atomic mass is 10.1. The number of rotatable bonds is 7. The summed E-state index contributed by atoms with van der Waals surface area (Å²) in [7, 11) is -0.425. The van der Waals surface area contributed by atoms with Crippen LogP contribution in [0.1, 0.15) is 23.6 Å². The summed E-state index contributed by atoms with van der Waals surface area (Å²) >= 11 is 0. The maximum Gasteiger partial charge on any atom is 0.242 e. The van der Waals surface area contributed by atoms with Gasteiger partial charge in [-0.25, -0.2) is 17.7 Å². The van der Waals surface area contributed by atoms with Crippen molar-refractivity contribution in [2.45, 2.75) is 31.8 Å². The summed E-state index contributed by atoms with van der Waals surface area (Å²) in [6.07, 6.45) is 0. The summed E-state index contributed by atoms with van der Waals surface area (Å²) in [5, 5.41) is 6.43. The molecule has 0 atom stereocenters. The minimum absolute atomic E-state index is 0. The summed E-state index contributed by atoms with van der Waals surface area (Å²) in [6.45, 7) is 5.68. The first-order chi connectivity index (χ1) is 12.8. The molecular formula is C20H29IN4O2S. The summed E-state index contributed by atoms with van der Waals surface area (Å²) < 4.78 is 26.3. The van der Waals surface area contributed by atoms with Crippen LogP contribution in [0.3, 0.4) is 0 Å². The second kappa shape index (κ2) is 11.4. The Morgan fingerprint density at radius 2 is 1.79 bits per heavy atom. The SMILES string of the molecule is CCNC(=NCc1cccc(C)c1)NCc1ccccc1S(=O)(=O)N(C)C.I. The number of halogens is 1. The number of sulfonamides is 1. The van der Waals surface area contributed by atoms with Gasteiger partial charge in [-0.05, 0) is 31.0 Å². The molecule has 0 unspecified atom stereocenters. The molecule has 2 aromatic carbocycles. The third-order valence-corrected chi connectivity index (χ3v) is 5.94. The molecule has 8 heteroatoms. The van der Waals surface area contributed by atoms with Crippen molar-refractivity contribution in [3.05, 3.63) is 65.2 Å². The lowest BCUT2D eigenvalue weighted by Crippen LogP contribution is -2.37. The zero-order valence-electron chi connectivity index (χ0n) is 16.8. The van der Waals surface area contributed by atoms with Crippen molar-refractivity contribution in [3.63, 3.8) is 0 Å². The van der Waals surface area contributed by atoms with Gasteiger partial charge in [-0.15, -0.1) is 24.0 Å². The molecule has 2 aromatic rings. The zero-order chi connectivity index (χ0) is 19.9. The van der Waals surface area contributed by atoms with E-state index in [1.165, 1.54) is 24.0 Å². The molecule has 0 aliphatic rings. The maximum atomic E-state index is 12.5. The van der Waals surface area contributed by atoms with Gasteiger partial charge in [0.1, 0.15) is 0 Å². The number of aliphatic imine (C=N–C) groups is 1. The van der Waals surface area contributed by atoms with Gasteiger partial charge in [-0.1, -0.05) is 48.0 Å². The molecule has 0 radical (unpaired) electrons. The van der Waals surface area contributed by atoms with Crippen LogP contribution in [0.25, 0.3) is 0 Å². The smallest absolute Gasteiger partial charge is 0.242 e. The Hall–Kier alpha value is -1.65. The number of nitrogens with one attached hydrogen (secondary N) is 2. The van der Waals surface area contributed by atoms with Crippen molar-refractivity contribution in [3.8, 4) is 0 Å². The van der Waals surface area contributed by atoms with Crippen LogP contribution in [-0.4, -0.2) is 39.3 Å². The van der Waals surface area contributed by atoms with E-state index in [2.05, 4.69) is 34.7 Å². The second-order valence-corrected chi connectivity index (χ2v) is 8.55. The molecule has 0 spiro atoms. The highest BCUT2D eigenvalue weighted by Crippen LogP contribution is 2.18. The van der Waals surface area contributed by atoms with E-state index in [1.807, 2.05) is 31.2 Å². The number of aryl methyl sites for hydroxylation is 1. The van der Waals surface area contributed by atoms with E-state index in [4.69, 9.17) is 0 Å². The minimum Gasteiger partial charge on any atom is -0.357 e. The number of hydrogen-bond acceptors (Lipinski definition) is 3. The van der Waals surface area contributed by atoms with Crippen molar-refractivity contribution in [2.75, 3.05) is 20.6 Å². The molecule has 2 rings (SSSR count). The van der Waals surface area contributed by atoms with Crippen molar-refractivity contribution in [2.24, 2.45) is 4.99 Å². The van der Waals surface area contributed by atoms with Crippen LogP contribution in [0.4, 0.5) is 0 Å². The highest BCUT2D eigenvalue weighted by Gasteiger charge is 2.20. The third-order valence-electron chi connectivity index (χ3n) is 4.02. The highest BCUT2D eigenvalue weighted by molar-refractivity contribution is 14.0. The molecule has 2 N–H and O–H groups in total. The van der Waals surface area contributed by atoms with Gasteiger partial charge >= 0.3 is 0 Å². The Morgan fingerprint density at radius 1 is 1.07 bits per heavy atom. The number of nitrogens with zero attached hydrogens (tertiary/aromatic N) is 2. The Kier molecular flexibility index (Phi) is 9.91. The molecule has 0 amide bonds. The lowest BCUT2D eigenvalue weighted by Gasteiger charge is -2.17. The van der Waals surface area contributed by atoms with Crippen LogP contribution in [0.15, 0.2) is 58.4 Å². The van der Waals surface area contributed by atoms with Gasteiger partial charge in [0.15, 0.2) is 5.96 Å². The molecule has 28 heavy (non-hydrogen) atoms. The van der Waals surface area contributed by atoms with E-state index >= 15 is 0 Å². The molecule has 0 saturated carbocycles. The predicted molar refractivity (Wildman–Crippen MR) is 126 cm³/mol. The standard InChI is InChI=1S/C20H28N4O2S.HI/c1-5-21-20(22-14-17-10-8-9-16(2)13-17)23-15-18-11-6-7-12-19(18)27(25,26)24(3)4;/h6-13H,5,14-15H2,1-4H3,(H2,21,22,23);1H. The van der Waals surface area contributed by atoms with Crippen LogP contribution >= 0.6 is 24.0 Å². The van der Waals surface area contributed by atoms with Crippen LogP contribution in [-0.2, 0) is 23.1 Å². The van der Waals surface area contributed by atoms with Crippen LogP contribution in [0.5, 0.6) is 0 Å². The summed E-state index contributed by atoms with van der Waals surface area (Å²) in [4.78, 5) is 4.90. The number of hydrogen-bond donors (Lipinski definition) is 2.